The summed E-state index contributed by atoms with van der Waals surface area (Å²) in [6.07, 6.45) is -0.0218. The third kappa shape index (κ3) is 1.69. The Balaban J connectivity index is 2.60. The molecule has 0 radical (unpaired) electrons. The molecule has 16 heavy (non-hydrogen) atoms. The Morgan fingerprint density at radius 3 is 2.69 bits per heavy atom. The second kappa shape index (κ2) is 4.10. The second-order valence-corrected chi connectivity index (χ2v) is 5.37. The number of hydrogen-bond donors (Lipinski definition) is 3. The van der Waals surface area contributed by atoms with Crippen LogP contribution in [-0.4, -0.2) is 22.7 Å². The van der Waals surface area contributed by atoms with Crippen molar-refractivity contribution < 1.29 is 15.0 Å². The summed E-state index contributed by atoms with van der Waals surface area (Å²) >= 11 is 6.61. The van der Waals surface area contributed by atoms with Gasteiger partial charge in [-0.25, -0.2) is 0 Å². The maximum absolute atomic E-state index is 11.7. The van der Waals surface area contributed by atoms with Crippen LogP contribution in [0.2, 0.25) is 0 Å². The molecule has 1 aromatic rings. The Kier molecular flexibility index (Phi) is 3.09. The van der Waals surface area contributed by atoms with E-state index >= 15 is 0 Å². The first-order valence-electron chi connectivity index (χ1n) is 4.63. The Morgan fingerprint density at radius 2 is 2.06 bits per heavy atom. The lowest BCUT2D eigenvalue weighted by atomic mass is 9.92. The van der Waals surface area contributed by atoms with Crippen molar-refractivity contribution in [3.8, 4) is 0 Å². The van der Waals surface area contributed by atoms with Crippen LogP contribution < -0.4 is 5.32 Å². The van der Waals surface area contributed by atoms with Crippen LogP contribution in [-0.2, 0) is 10.4 Å². The van der Waals surface area contributed by atoms with Gasteiger partial charge in [-0.2, -0.15) is 0 Å². The van der Waals surface area contributed by atoms with Gasteiger partial charge in [-0.15, -0.1) is 0 Å². The summed E-state index contributed by atoms with van der Waals surface area (Å²) in [6, 6.07) is 3.47. The van der Waals surface area contributed by atoms with Crippen molar-refractivity contribution in [1.82, 2.24) is 0 Å². The van der Waals surface area contributed by atoms with Crippen LogP contribution in [0.25, 0.3) is 0 Å². The number of hydrogen-bond acceptors (Lipinski definition) is 3. The third-order valence-electron chi connectivity index (χ3n) is 2.57. The van der Waals surface area contributed by atoms with Crippen molar-refractivity contribution in [2.75, 3.05) is 11.9 Å². The highest BCUT2D eigenvalue weighted by Gasteiger charge is 2.46. The highest BCUT2D eigenvalue weighted by molar-refractivity contribution is 9.11. The normalized spacial score (nSPS) is 23.1. The van der Waals surface area contributed by atoms with Gasteiger partial charge >= 0.3 is 0 Å². The molecule has 0 fully saturated rings. The number of rotatable bonds is 2. The molecule has 3 N–H and O–H groups in total. The lowest BCUT2D eigenvalue weighted by Gasteiger charge is -2.20. The molecule has 0 spiro atoms. The molecule has 1 atom stereocenters. The van der Waals surface area contributed by atoms with Crippen LogP contribution in [0.3, 0.4) is 0 Å². The van der Waals surface area contributed by atoms with Crippen molar-refractivity contribution in [3.05, 3.63) is 26.6 Å². The van der Waals surface area contributed by atoms with Gasteiger partial charge in [-0.3, -0.25) is 4.79 Å². The number of fused-ring (bicyclic) bond motifs is 1. The first-order chi connectivity index (χ1) is 7.49. The standard InChI is InChI=1S/C10H9Br2NO3/c11-5-3-6(12)8-7(4-5)13-9(15)10(8,16)1-2-14/h3-4,14,16H,1-2H2,(H,13,15)/t10-/m1/s1. The van der Waals surface area contributed by atoms with Gasteiger partial charge in [-0.05, 0) is 12.1 Å². The third-order valence-corrected chi connectivity index (χ3v) is 3.65. The fourth-order valence-corrected chi connectivity index (χ4v) is 3.39. The van der Waals surface area contributed by atoms with E-state index in [4.69, 9.17) is 5.11 Å². The Bertz CT molecular complexity index is 464. The van der Waals surface area contributed by atoms with Crippen molar-refractivity contribution in [1.29, 1.82) is 0 Å². The van der Waals surface area contributed by atoms with Gasteiger partial charge in [-0.1, -0.05) is 31.9 Å². The number of benzene rings is 1. The van der Waals surface area contributed by atoms with Crippen molar-refractivity contribution >= 4 is 43.5 Å². The molecule has 2 rings (SSSR count). The first kappa shape index (κ1) is 12.0. The average Bonchev–Trinajstić information content (AvgIpc) is 2.38. The molecule has 1 aliphatic heterocycles. The van der Waals surface area contributed by atoms with E-state index in [1.54, 1.807) is 12.1 Å². The van der Waals surface area contributed by atoms with E-state index in [9.17, 15) is 9.90 Å². The Morgan fingerprint density at radius 1 is 1.38 bits per heavy atom. The minimum atomic E-state index is -1.65. The largest absolute Gasteiger partial charge is 0.396 e. The number of nitrogens with one attached hydrogen (secondary N) is 1. The maximum Gasteiger partial charge on any atom is 0.261 e. The van der Waals surface area contributed by atoms with Gasteiger partial charge in [0.15, 0.2) is 5.60 Å². The van der Waals surface area contributed by atoms with Crippen molar-refractivity contribution in [3.63, 3.8) is 0 Å². The van der Waals surface area contributed by atoms with Gasteiger partial charge < -0.3 is 15.5 Å². The molecule has 0 aliphatic carbocycles. The number of aliphatic hydroxyl groups is 2. The van der Waals surface area contributed by atoms with E-state index in [1.807, 2.05) is 0 Å². The van der Waals surface area contributed by atoms with Crippen molar-refractivity contribution in [2.45, 2.75) is 12.0 Å². The second-order valence-electron chi connectivity index (χ2n) is 3.60. The molecule has 0 aromatic heterocycles. The Labute approximate surface area is 109 Å². The molecular weight excluding hydrogens is 342 g/mol. The number of carbonyl (C=O) groups is 1. The SMILES string of the molecule is O=C1Nc2cc(Br)cc(Br)c2[C@]1(O)CCO. The molecule has 86 valence electrons. The number of carbonyl (C=O) groups excluding carboxylic acids is 1. The summed E-state index contributed by atoms with van der Waals surface area (Å²) < 4.78 is 1.43. The van der Waals surface area contributed by atoms with Gasteiger partial charge in [0.25, 0.3) is 5.91 Å². The summed E-state index contributed by atoms with van der Waals surface area (Å²) in [5.41, 5.74) is -0.610. The summed E-state index contributed by atoms with van der Waals surface area (Å²) in [6.45, 7) is -0.258. The quantitative estimate of drug-likeness (QED) is 0.760. The van der Waals surface area contributed by atoms with Crippen LogP contribution in [0.1, 0.15) is 12.0 Å². The fraction of sp³-hybridized carbons (Fsp3) is 0.300. The molecule has 0 saturated carbocycles. The molecule has 1 aromatic carbocycles. The van der Waals surface area contributed by atoms with Crippen LogP contribution >= 0.6 is 31.9 Å². The smallest absolute Gasteiger partial charge is 0.261 e. The number of halogens is 2. The van der Waals surface area contributed by atoms with E-state index in [-0.39, 0.29) is 13.0 Å². The minimum absolute atomic E-state index is 0.0218. The summed E-state index contributed by atoms with van der Waals surface area (Å²) in [4.78, 5) is 11.7. The van der Waals surface area contributed by atoms with Gasteiger partial charge in [0.2, 0.25) is 0 Å². The monoisotopic (exact) mass is 349 g/mol. The predicted molar refractivity (Wildman–Crippen MR) is 66.1 cm³/mol. The molecule has 0 bridgehead atoms. The highest BCUT2D eigenvalue weighted by Crippen LogP contribution is 2.44. The van der Waals surface area contributed by atoms with E-state index in [2.05, 4.69) is 37.2 Å². The van der Waals surface area contributed by atoms with E-state index in [0.29, 0.717) is 15.7 Å². The Hall–Kier alpha value is -0.430. The highest BCUT2D eigenvalue weighted by atomic mass is 79.9. The van der Waals surface area contributed by atoms with E-state index in [0.717, 1.165) is 4.47 Å². The van der Waals surface area contributed by atoms with Crippen LogP contribution in [0, 0.1) is 0 Å². The molecule has 1 aliphatic rings. The molecule has 1 amide bonds. The van der Waals surface area contributed by atoms with E-state index in [1.165, 1.54) is 0 Å². The summed E-state index contributed by atoms with van der Waals surface area (Å²) in [5, 5.41) is 21.8. The van der Waals surface area contributed by atoms with E-state index < -0.39 is 11.5 Å². The molecule has 1 heterocycles. The molecule has 0 unspecified atom stereocenters. The molecule has 0 saturated heterocycles. The first-order valence-corrected chi connectivity index (χ1v) is 6.22. The number of amides is 1. The zero-order valence-corrected chi connectivity index (χ0v) is 11.3. The predicted octanol–water partition coefficient (Wildman–Crippen LogP) is 1.73. The van der Waals surface area contributed by atoms with Gasteiger partial charge in [0.1, 0.15) is 0 Å². The zero-order valence-electron chi connectivity index (χ0n) is 8.13. The number of anilines is 1. The van der Waals surface area contributed by atoms with Crippen LogP contribution in [0.4, 0.5) is 5.69 Å². The fourth-order valence-electron chi connectivity index (χ4n) is 1.83. The maximum atomic E-state index is 11.7. The van der Waals surface area contributed by atoms with Gasteiger partial charge in [0, 0.05) is 33.2 Å². The molecular formula is C10H9Br2NO3. The molecule has 6 heteroatoms. The zero-order chi connectivity index (χ0) is 11.9. The van der Waals surface area contributed by atoms with Crippen LogP contribution in [0.15, 0.2) is 21.1 Å². The van der Waals surface area contributed by atoms with Gasteiger partial charge in [0.05, 0.1) is 0 Å². The number of aliphatic hydroxyl groups excluding tert-OH is 1. The topological polar surface area (TPSA) is 69.6 Å². The van der Waals surface area contributed by atoms with Crippen molar-refractivity contribution in [2.24, 2.45) is 0 Å². The summed E-state index contributed by atoms with van der Waals surface area (Å²) in [5.74, 6) is -0.504. The molecule has 4 nitrogen and oxygen atoms in total. The average molecular weight is 351 g/mol. The minimum Gasteiger partial charge on any atom is -0.396 e. The lowest BCUT2D eigenvalue weighted by molar-refractivity contribution is -0.135. The summed E-state index contributed by atoms with van der Waals surface area (Å²) in [7, 11) is 0. The van der Waals surface area contributed by atoms with Crippen LogP contribution in [0.5, 0.6) is 0 Å². The lowest BCUT2D eigenvalue weighted by Crippen LogP contribution is -2.35.